The summed E-state index contributed by atoms with van der Waals surface area (Å²) < 4.78 is 13.8. The van der Waals surface area contributed by atoms with Gasteiger partial charge in [-0.1, -0.05) is 42.0 Å². The minimum Gasteiger partial charge on any atom is -0.324 e. The van der Waals surface area contributed by atoms with E-state index in [2.05, 4.69) is 0 Å². The van der Waals surface area contributed by atoms with Gasteiger partial charge in [-0.15, -0.1) is 0 Å². The number of rotatable bonds is 3. The fourth-order valence-corrected chi connectivity index (χ4v) is 2.02. The molecule has 0 saturated carbocycles. The summed E-state index contributed by atoms with van der Waals surface area (Å²) in [5.41, 5.74) is 9.92. The summed E-state index contributed by atoms with van der Waals surface area (Å²) in [6, 6.07) is 13.1. The van der Waals surface area contributed by atoms with Gasteiger partial charge in [0.25, 0.3) is 0 Å². The van der Waals surface area contributed by atoms with Gasteiger partial charge >= 0.3 is 0 Å². The molecule has 2 aromatic rings. The van der Waals surface area contributed by atoms with Crippen molar-refractivity contribution in [2.24, 2.45) is 5.73 Å². The van der Waals surface area contributed by atoms with Crippen LogP contribution >= 0.6 is 0 Å². The summed E-state index contributed by atoms with van der Waals surface area (Å²) in [5, 5.41) is 0. The number of benzene rings is 2. The van der Waals surface area contributed by atoms with Crippen molar-refractivity contribution in [3.8, 4) is 0 Å². The molecule has 1 unspecified atom stereocenters. The van der Waals surface area contributed by atoms with Crippen LogP contribution in [0.4, 0.5) is 4.39 Å². The van der Waals surface area contributed by atoms with Gasteiger partial charge in [0.15, 0.2) is 0 Å². The second kappa shape index (κ2) is 5.32. The Bertz CT molecular complexity index is 531. The fourth-order valence-electron chi connectivity index (χ4n) is 2.02. The van der Waals surface area contributed by atoms with Gasteiger partial charge in [-0.3, -0.25) is 0 Å². The second-order valence-electron chi connectivity index (χ2n) is 4.82. The van der Waals surface area contributed by atoms with Gasteiger partial charge in [0.05, 0.1) is 0 Å². The largest absolute Gasteiger partial charge is 0.324 e. The van der Waals surface area contributed by atoms with E-state index in [-0.39, 0.29) is 11.9 Å². The summed E-state index contributed by atoms with van der Waals surface area (Å²) in [7, 11) is 0. The fraction of sp³-hybridized carbons (Fsp3) is 0.250. The van der Waals surface area contributed by atoms with Crippen molar-refractivity contribution in [3.63, 3.8) is 0 Å². The minimum absolute atomic E-state index is 0.213. The Balaban J connectivity index is 2.16. The Morgan fingerprint density at radius 2 is 1.61 bits per heavy atom. The van der Waals surface area contributed by atoms with Gasteiger partial charge in [-0.05, 0) is 37.5 Å². The lowest BCUT2D eigenvalue weighted by Crippen LogP contribution is -2.15. The maximum atomic E-state index is 13.8. The molecule has 0 radical (unpaired) electrons. The third-order valence-corrected chi connectivity index (χ3v) is 3.13. The van der Waals surface area contributed by atoms with E-state index in [1.54, 1.807) is 6.07 Å². The molecule has 0 saturated heterocycles. The SMILES string of the molecule is Cc1ccc(CC(N)c2ccc(C)cc2F)cc1. The van der Waals surface area contributed by atoms with E-state index in [9.17, 15) is 4.39 Å². The monoisotopic (exact) mass is 243 g/mol. The summed E-state index contributed by atoms with van der Waals surface area (Å²) in [4.78, 5) is 0. The molecule has 0 aliphatic rings. The molecule has 2 aromatic carbocycles. The van der Waals surface area contributed by atoms with E-state index >= 15 is 0 Å². The summed E-state index contributed by atoms with van der Waals surface area (Å²) in [6.07, 6.45) is 0.653. The number of hydrogen-bond donors (Lipinski definition) is 1. The van der Waals surface area contributed by atoms with Gasteiger partial charge in [0, 0.05) is 11.6 Å². The summed E-state index contributed by atoms with van der Waals surface area (Å²) >= 11 is 0. The molecular weight excluding hydrogens is 225 g/mol. The maximum absolute atomic E-state index is 13.8. The number of hydrogen-bond acceptors (Lipinski definition) is 1. The molecule has 0 aromatic heterocycles. The molecule has 2 rings (SSSR count). The lowest BCUT2D eigenvalue weighted by atomic mass is 9.98. The van der Waals surface area contributed by atoms with Crippen molar-refractivity contribution in [1.29, 1.82) is 0 Å². The van der Waals surface area contributed by atoms with E-state index < -0.39 is 0 Å². The first kappa shape index (κ1) is 12.8. The highest BCUT2D eigenvalue weighted by atomic mass is 19.1. The highest BCUT2D eigenvalue weighted by Gasteiger charge is 2.11. The molecular formula is C16H18FN. The van der Waals surface area contributed by atoms with Crippen molar-refractivity contribution >= 4 is 0 Å². The molecule has 0 aliphatic carbocycles. The lowest BCUT2D eigenvalue weighted by molar-refractivity contribution is 0.579. The molecule has 1 nitrogen and oxygen atoms in total. The Kier molecular flexibility index (Phi) is 3.78. The summed E-state index contributed by atoms with van der Waals surface area (Å²) in [5.74, 6) is -0.213. The predicted molar refractivity (Wildman–Crippen MR) is 72.9 cm³/mol. The third kappa shape index (κ3) is 2.96. The van der Waals surface area contributed by atoms with Crippen LogP contribution in [0.1, 0.15) is 28.3 Å². The molecule has 18 heavy (non-hydrogen) atoms. The van der Waals surface area contributed by atoms with Crippen LogP contribution in [0.15, 0.2) is 42.5 Å². The van der Waals surface area contributed by atoms with Crippen LogP contribution in [0, 0.1) is 19.7 Å². The van der Waals surface area contributed by atoms with Crippen LogP contribution in [0.2, 0.25) is 0 Å². The minimum atomic E-state index is -0.298. The van der Waals surface area contributed by atoms with Crippen LogP contribution in [0.3, 0.4) is 0 Å². The van der Waals surface area contributed by atoms with Crippen LogP contribution in [0.5, 0.6) is 0 Å². The summed E-state index contributed by atoms with van der Waals surface area (Å²) in [6.45, 7) is 3.92. The first-order chi connectivity index (χ1) is 8.56. The molecule has 0 aliphatic heterocycles. The van der Waals surface area contributed by atoms with Crippen molar-refractivity contribution in [2.45, 2.75) is 26.3 Å². The van der Waals surface area contributed by atoms with E-state index in [0.717, 1.165) is 11.1 Å². The van der Waals surface area contributed by atoms with Gasteiger partial charge in [-0.2, -0.15) is 0 Å². The molecule has 0 spiro atoms. The molecule has 0 fully saturated rings. The Hall–Kier alpha value is -1.67. The van der Waals surface area contributed by atoms with Crippen LogP contribution in [0.25, 0.3) is 0 Å². The van der Waals surface area contributed by atoms with Crippen molar-refractivity contribution in [2.75, 3.05) is 0 Å². The van der Waals surface area contributed by atoms with Gasteiger partial charge in [0.1, 0.15) is 5.82 Å². The zero-order valence-corrected chi connectivity index (χ0v) is 10.8. The molecule has 0 heterocycles. The first-order valence-electron chi connectivity index (χ1n) is 6.13. The number of aryl methyl sites for hydroxylation is 2. The predicted octanol–water partition coefficient (Wildman–Crippen LogP) is 3.69. The van der Waals surface area contributed by atoms with Crippen LogP contribution < -0.4 is 5.73 Å². The Morgan fingerprint density at radius 1 is 1.00 bits per heavy atom. The molecule has 94 valence electrons. The number of halogens is 1. The van der Waals surface area contributed by atoms with Gasteiger partial charge in [0.2, 0.25) is 0 Å². The van der Waals surface area contributed by atoms with Gasteiger partial charge < -0.3 is 5.73 Å². The van der Waals surface area contributed by atoms with E-state index in [1.165, 1.54) is 11.6 Å². The molecule has 0 amide bonds. The average Bonchev–Trinajstić information content (AvgIpc) is 2.32. The highest BCUT2D eigenvalue weighted by Crippen LogP contribution is 2.20. The maximum Gasteiger partial charge on any atom is 0.128 e. The Labute approximate surface area is 107 Å². The quantitative estimate of drug-likeness (QED) is 0.874. The van der Waals surface area contributed by atoms with Crippen molar-refractivity contribution in [1.82, 2.24) is 0 Å². The third-order valence-electron chi connectivity index (χ3n) is 3.13. The van der Waals surface area contributed by atoms with E-state index in [4.69, 9.17) is 5.73 Å². The molecule has 1 atom stereocenters. The van der Waals surface area contributed by atoms with Crippen LogP contribution in [-0.2, 0) is 6.42 Å². The molecule has 0 bridgehead atoms. The van der Waals surface area contributed by atoms with E-state index in [0.29, 0.717) is 12.0 Å². The zero-order valence-electron chi connectivity index (χ0n) is 10.8. The second-order valence-corrected chi connectivity index (χ2v) is 4.82. The molecule has 2 heteroatoms. The van der Waals surface area contributed by atoms with Crippen molar-refractivity contribution < 1.29 is 4.39 Å². The number of nitrogens with two attached hydrogens (primary N) is 1. The Morgan fingerprint density at radius 3 is 2.22 bits per heavy atom. The van der Waals surface area contributed by atoms with Crippen molar-refractivity contribution in [3.05, 3.63) is 70.5 Å². The molecule has 2 N–H and O–H groups in total. The lowest BCUT2D eigenvalue weighted by Gasteiger charge is -2.13. The normalized spacial score (nSPS) is 12.4. The van der Waals surface area contributed by atoms with E-state index in [1.807, 2.05) is 44.2 Å². The van der Waals surface area contributed by atoms with Crippen LogP contribution in [-0.4, -0.2) is 0 Å². The standard InChI is InChI=1S/C16H18FN/c1-11-3-6-13(7-4-11)10-16(18)14-8-5-12(2)9-15(14)17/h3-9,16H,10,18H2,1-2H3. The topological polar surface area (TPSA) is 26.0 Å². The highest BCUT2D eigenvalue weighted by molar-refractivity contribution is 5.29. The first-order valence-corrected chi connectivity index (χ1v) is 6.13. The zero-order chi connectivity index (χ0) is 13.1. The average molecular weight is 243 g/mol. The smallest absolute Gasteiger partial charge is 0.128 e. The van der Waals surface area contributed by atoms with Gasteiger partial charge in [-0.25, -0.2) is 4.39 Å².